The van der Waals surface area contributed by atoms with Crippen LogP contribution in [-0.2, 0) is 0 Å². The number of rotatable bonds is 5. The molecule has 0 saturated carbocycles. The van der Waals surface area contributed by atoms with E-state index in [4.69, 9.17) is 16.3 Å². The van der Waals surface area contributed by atoms with Crippen LogP contribution in [0.2, 0.25) is 5.02 Å². The summed E-state index contributed by atoms with van der Waals surface area (Å²) in [6.07, 6.45) is 2.80. The number of thiazole rings is 1. The first-order valence-electron chi connectivity index (χ1n) is 8.54. The number of hydrogen-bond donors (Lipinski definition) is 0. The molecule has 7 heteroatoms. The highest BCUT2D eigenvalue weighted by Crippen LogP contribution is 2.20. The van der Waals surface area contributed by atoms with Crippen LogP contribution < -0.4 is 14.8 Å². The van der Waals surface area contributed by atoms with Crippen LogP contribution in [0, 0.1) is 0 Å². The van der Waals surface area contributed by atoms with Gasteiger partial charge in [-0.15, -0.1) is 5.10 Å². The quantitative estimate of drug-likeness (QED) is 0.514. The van der Waals surface area contributed by atoms with E-state index in [-0.39, 0.29) is 5.56 Å². The Bertz CT molecular complexity index is 1200. The zero-order chi connectivity index (χ0) is 18.8. The number of benzene rings is 2. The van der Waals surface area contributed by atoms with Gasteiger partial charge in [0.1, 0.15) is 5.75 Å². The second-order valence-electron chi connectivity index (χ2n) is 5.97. The SMILES string of the molecule is CCCOc1ccc(/C=c2\sc3nc(-c4cccc(Cl)c4)nn3c2=O)cc1. The zero-order valence-electron chi connectivity index (χ0n) is 14.6. The van der Waals surface area contributed by atoms with Crippen LogP contribution in [0.3, 0.4) is 0 Å². The van der Waals surface area contributed by atoms with Gasteiger partial charge in [-0.3, -0.25) is 4.79 Å². The average Bonchev–Trinajstić information content (AvgIpc) is 3.21. The molecule has 0 fully saturated rings. The third kappa shape index (κ3) is 3.72. The van der Waals surface area contributed by atoms with Crippen LogP contribution in [-0.4, -0.2) is 21.2 Å². The van der Waals surface area contributed by atoms with Crippen LogP contribution in [0.4, 0.5) is 0 Å². The lowest BCUT2D eigenvalue weighted by Crippen LogP contribution is -2.23. The summed E-state index contributed by atoms with van der Waals surface area (Å²) in [6.45, 7) is 2.76. The van der Waals surface area contributed by atoms with Crippen molar-refractivity contribution in [1.82, 2.24) is 14.6 Å². The van der Waals surface area contributed by atoms with Gasteiger partial charge in [-0.25, -0.2) is 0 Å². The molecule has 0 unspecified atom stereocenters. The first-order chi connectivity index (χ1) is 13.1. The number of nitrogens with zero attached hydrogens (tertiary/aromatic N) is 3. The lowest BCUT2D eigenvalue weighted by molar-refractivity contribution is 0.317. The van der Waals surface area contributed by atoms with Gasteiger partial charge < -0.3 is 4.74 Å². The maximum absolute atomic E-state index is 12.6. The van der Waals surface area contributed by atoms with E-state index in [2.05, 4.69) is 17.0 Å². The number of halogens is 1. The molecular weight excluding hydrogens is 382 g/mol. The van der Waals surface area contributed by atoms with Crippen LogP contribution in [0.15, 0.2) is 53.3 Å². The van der Waals surface area contributed by atoms with Crippen molar-refractivity contribution >= 4 is 34.0 Å². The molecule has 2 heterocycles. The Morgan fingerprint density at radius 1 is 1.22 bits per heavy atom. The first kappa shape index (κ1) is 17.7. The number of hydrogen-bond acceptors (Lipinski definition) is 5. The standard InChI is InChI=1S/C20H16ClN3O2S/c1-2-10-26-16-8-6-13(7-9-16)11-17-19(25)24-20(27-17)22-18(23-24)14-4-3-5-15(21)12-14/h3-9,11-12H,2,10H2,1H3/b17-11-. The van der Waals surface area contributed by atoms with Crippen LogP contribution in [0.5, 0.6) is 5.75 Å². The zero-order valence-corrected chi connectivity index (χ0v) is 16.1. The minimum atomic E-state index is -0.179. The summed E-state index contributed by atoms with van der Waals surface area (Å²) >= 11 is 7.33. The summed E-state index contributed by atoms with van der Waals surface area (Å²) < 4.78 is 7.50. The van der Waals surface area contributed by atoms with E-state index in [0.29, 0.717) is 26.9 Å². The summed E-state index contributed by atoms with van der Waals surface area (Å²) in [7, 11) is 0. The third-order valence-electron chi connectivity index (χ3n) is 3.92. The van der Waals surface area contributed by atoms with E-state index in [1.165, 1.54) is 15.9 Å². The highest BCUT2D eigenvalue weighted by Gasteiger charge is 2.12. The Labute approximate surface area is 164 Å². The molecule has 0 spiro atoms. The summed E-state index contributed by atoms with van der Waals surface area (Å²) in [5, 5.41) is 4.94. The molecule has 0 aliphatic rings. The largest absolute Gasteiger partial charge is 0.494 e. The van der Waals surface area contributed by atoms with Gasteiger partial charge in [-0.1, -0.05) is 54.1 Å². The van der Waals surface area contributed by atoms with E-state index < -0.39 is 0 Å². The van der Waals surface area contributed by atoms with Crippen molar-refractivity contribution in [3.05, 3.63) is 74.0 Å². The fourth-order valence-electron chi connectivity index (χ4n) is 2.62. The molecule has 4 aromatic rings. The van der Waals surface area contributed by atoms with Gasteiger partial charge >= 0.3 is 0 Å². The molecule has 27 heavy (non-hydrogen) atoms. The van der Waals surface area contributed by atoms with Gasteiger partial charge in [0.05, 0.1) is 11.1 Å². The van der Waals surface area contributed by atoms with Gasteiger partial charge in [0, 0.05) is 10.6 Å². The van der Waals surface area contributed by atoms with Crippen molar-refractivity contribution < 1.29 is 4.74 Å². The second kappa shape index (κ2) is 7.50. The number of fused-ring (bicyclic) bond motifs is 1. The lowest BCUT2D eigenvalue weighted by Gasteiger charge is -2.03. The summed E-state index contributed by atoms with van der Waals surface area (Å²) in [5.41, 5.74) is 1.53. The Kier molecular flexibility index (Phi) is 4.92. The van der Waals surface area contributed by atoms with Gasteiger partial charge in [-0.05, 0) is 42.3 Å². The topological polar surface area (TPSA) is 56.5 Å². The van der Waals surface area contributed by atoms with Gasteiger partial charge in [-0.2, -0.15) is 9.50 Å². The van der Waals surface area contributed by atoms with Crippen molar-refractivity contribution in [2.75, 3.05) is 6.61 Å². The van der Waals surface area contributed by atoms with Crippen molar-refractivity contribution in [3.63, 3.8) is 0 Å². The molecule has 2 aromatic heterocycles. The average molecular weight is 398 g/mol. The molecule has 0 amide bonds. The molecule has 136 valence electrons. The van der Waals surface area contributed by atoms with Crippen molar-refractivity contribution in [1.29, 1.82) is 0 Å². The van der Waals surface area contributed by atoms with E-state index in [9.17, 15) is 4.79 Å². The molecule has 0 atom stereocenters. The Balaban J connectivity index is 1.67. The van der Waals surface area contributed by atoms with Crippen molar-refractivity contribution in [2.45, 2.75) is 13.3 Å². The highest BCUT2D eigenvalue weighted by molar-refractivity contribution is 7.15. The minimum absolute atomic E-state index is 0.179. The van der Waals surface area contributed by atoms with Gasteiger partial charge in [0.15, 0.2) is 5.82 Å². The summed E-state index contributed by atoms with van der Waals surface area (Å²) in [6, 6.07) is 14.9. The molecule has 0 aliphatic carbocycles. The molecule has 0 radical (unpaired) electrons. The molecule has 0 bridgehead atoms. The maximum atomic E-state index is 12.6. The monoisotopic (exact) mass is 397 g/mol. The predicted molar refractivity (Wildman–Crippen MR) is 109 cm³/mol. The smallest absolute Gasteiger partial charge is 0.291 e. The fourth-order valence-corrected chi connectivity index (χ4v) is 3.71. The molecule has 0 saturated heterocycles. The van der Waals surface area contributed by atoms with E-state index in [1.54, 1.807) is 12.1 Å². The summed E-state index contributed by atoms with van der Waals surface area (Å²) in [4.78, 5) is 17.7. The third-order valence-corrected chi connectivity index (χ3v) is 5.11. The molecule has 4 rings (SSSR count). The number of ether oxygens (including phenoxy) is 1. The molecule has 5 nitrogen and oxygen atoms in total. The van der Waals surface area contributed by atoms with Crippen LogP contribution in [0.25, 0.3) is 22.4 Å². The maximum Gasteiger partial charge on any atom is 0.291 e. The van der Waals surface area contributed by atoms with E-state index in [1.807, 2.05) is 42.5 Å². The first-order valence-corrected chi connectivity index (χ1v) is 9.73. The molecular formula is C20H16ClN3O2S. The molecule has 0 aliphatic heterocycles. The van der Waals surface area contributed by atoms with Gasteiger partial charge in [0.2, 0.25) is 4.96 Å². The minimum Gasteiger partial charge on any atom is -0.494 e. The number of aromatic nitrogens is 3. The Hall–Kier alpha value is -2.70. The summed E-state index contributed by atoms with van der Waals surface area (Å²) in [5.74, 6) is 1.31. The fraction of sp³-hybridized carbons (Fsp3) is 0.150. The lowest BCUT2D eigenvalue weighted by atomic mass is 10.2. The van der Waals surface area contributed by atoms with Gasteiger partial charge in [0.25, 0.3) is 5.56 Å². The van der Waals surface area contributed by atoms with Crippen LogP contribution in [0.1, 0.15) is 18.9 Å². The van der Waals surface area contributed by atoms with E-state index in [0.717, 1.165) is 23.3 Å². The van der Waals surface area contributed by atoms with E-state index >= 15 is 0 Å². The van der Waals surface area contributed by atoms with Crippen molar-refractivity contribution in [2.24, 2.45) is 0 Å². The van der Waals surface area contributed by atoms with Crippen molar-refractivity contribution in [3.8, 4) is 17.1 Å². The molecule has 0 N–H and O–H groups in total. The Morgan fingerprint density at radius 2 is 2.04 bits per heavy atom. The molecule has 2 aromatic carbocycles. The predicted octanol–water partition coefficient (Wildman–Crippen LogP) is 3.81. The highest BCUT2D eigenvalue weighted by atomic mass is 35.5. The van der Waals surface area contributed by atoms with Crippen LogP contribution >= 0.6 is 22.9 Å². The normalized spacial score (nSPS) is 12.0. The Morgan fingerprint density at radius 3 is 2.74 bits per heavy atom. The second-order valence-corrected chi connectivity index (χ2v) is 7.42.